The number of esters is 1. The molecule has 0 saturated carbocycles. The molecule has 0 radical (unpaired) electrons. The average molecular weight is 931 g/mol. The van der Waals surface area contributed by atoms with Gasteiger partial charge < -0.3 is 64.2 Å². The van der Waals surface area contributed by atoms with Crippen molar-refractivity contribution >= 4 is 5.97 Å². The van der Waals surface area contributed by atoms with Crippen molar-refractivity contribution in [2.75, 3.05) is 33.0 Å². The first-order valence-electron chi connectivity index (χ1n) is 25.9. The second kappa shape index (κ2) is 39.3. The summed E-state index contributed by atoms with van der Waals surface area (Å²) < 4.78 is 34.1. The van der Waals surface area contributed by atoms with E-state index in [-0.39, 0.29) is 25.6 Å². The van der Waals surface area contributed by atoms with Crippen molar-refractivity contribution in [1.82, 2.24) is 0 Å². The Hall–Kier alpha value is -1.53. The Morgan fingerprint density at radius 1 is 0.508 bits per heavy atom. The van der Waals surface area contributed by atoms with Crippen molar-refractivity contribution in [3.8, 4) is 0 Å². The van der Waals surface area contributed by atoms with Crippen LogP contribution in [-0.2, 0) is 33.2 Å². The van der Waals surface area contributed by atoms with Gasteiger partial charge in [0.15, 0.2) is 12.6 Å². The van der Waals surface area contributed by atoms with Crippen molar-refractivity contribution in [2.24, 2.45) is 0 Å². The third-order valence-corrected chi connectivity index (χ3v) is 12.5. The third kappa shape index (κ3) is 27.3. The Morgan fingerprint density at radius 2 is 0.954 bits per heavy atom. The molecule has 0 aliphatic carbocycles. The minimum atomic E-state index is -1.70. The smallest absolute Gasteiger partial charge is 0.306 e. The first kappa shape index (κ1) is 59.6. The van der Waals surface area contributed by atoms with E-state index in [1.165, 1.54) is 122 Å². The summed E-state index contributed by atoms with van der Waals surface area (Å²) in [6.07, 6.45) is 25.7. The second-order valence-corrected chi connectivity index (χ2v) is 18.3. The van der Waals surface area contributed by atoms with Crippen LogP contribution < -0.4 is 0 Å². The summed E-state index contributed by atoms with van der Waals surface area (Å²) in [5, 5.41) is 71.9. The molecule has 2 rings (SSSR count). The molecule has 2 aliphatic rings. The van der Waals surface area contributed by atoms with Crippen LogP contribution in [0.15, 0.2) is 24.3 Å². The van der Waals surface area contributed by atoms with Crippen molar-refractivity contribution in [3.63, 3.8) is 0 Å². The van der Waals surface area contributed by atoms with Crippen molar-refractivity contribution in [3.05, 3.63) is 24.3 Å². The lowest BCUT2D eigenvalue weighted by atomic mass is 9.98. The predicted molar refractivity (Wildman–Crippen MR) is 252 cm³/mol. The van der Waals surface area contributed by atoms with Crippen LogP contribution >= 0.6 is 0 Å². The van der Waals surface area contributed by atoms with E-state index < -0.39 is 80.7 Å². The van der Waals surface area contributed by atoms with Crippen LogP contribution in [0.4, 0.5) is 0 Å². The van der Waals surface area contributed by atoms with Gasteiger partial charge in [-0.15, -0.1) is 0 Å². The SMILES string of the molecule is CCCCCCC/C=C\C/C=C\CCCCCCCCCCCCCCOCC(COC1OC(COC2OC(CO)C(O)C(O)C2O)C(O)C(O)C1O)OC(=O)CCCCCCCCC. The fraction of sp³-hybridized carbons (Fsp3) is 0.902. The molecule has 11 atom stereocenters. The molecule has 0 spiro atoms. The number of allylic oxidation sites excluding steroid dienone is 4. The highest BCUT2D eigenvalue weighted by Gasteiger charge is 2.47. The fourth-order valence-electron chi connectivity index (χ4n) is 8.20. The van der Waals surface area contributed by atoms with E-state index in [9.17, 15) is 40.5 Å². The van der Waals surface area contributed by atoms with E-state index in [4.69, 9.17) is 28.4 Å². The summed E-state index contributed by atoms with van der Waals surface area (Å²) in [6, 6.07) is 0. The molecule has 2 fully saturated rings. The lowest BCUT2D eigenvalue weighted by Crippen LogP contribution is -2.61. The maximum Gasteiger partial charge on any atom is 0.306 e. The Labute approximate surface area is 392 Å². The first-order chi connectivity index (χ1) is 31.6. The van der Waals surface area contributed by atoms with Gasteiger partial charge in [0.1, 0.15) is 54.9 Å². The topological polar surface area (TPSA) is 214 Å². The highest BCUT2D eigenvalue weighted by atomic mass is 16.7. The van der Waals surface area contributed by atoms with E-state index in [2.05, 4.69) is 38.2 Å². The highest BCUT2D eigenvalue weighted by Crippen LogP contribution is 2.26. The minimum Gasteiger partial charge on any atom is -0.457 e. The molecular formula is C51H94O14. The average Bonchev–Trinajstić information content (AvgIpc) is 3.30. The van der Waals surface area contributed by atoms with E-state index in [0.717, 1.165) is 44.9 Å². The number of ether oxygens (including phenoxy) is 6. The Balaban J connectivity index is 1.65. The summed E-state index contributed by atoms with van der Waals surface area (Å²) in [4.78, 5) is 12.9. The molecule has 0 aromatic heterocycles. The van der Waals surface area contributed by atoms with Crippen molar-refractivity contribution in [2.45, 2.75) is 261 Å². The van der Waals surface area contributed by atoms with Crippen LogP contribution in [-0.4, -0.2) is 142 Å². The lowest BCUT2D eigenvalue weighted by Gasteiger charge is -2.42. The van der Waals surface area contributed by atoms with E-state index >= 15 is 0 Å². The molecule has 14 heteroatoms. The van der Waals surface area contributed by atoms with Gasteiger partial charge in [0.25, 0.3) is 0 Å². The van der Waals surface area contributed by atoms with Gasteiger partial charge in [-0.2, -0.15) is 0 Å². The van der Waals surface area contributed by atoms with Gasteiger partial charge in [-0.1, -0.05) is 167 Å². The number of hydrogen-bond acceptors (Lipinski definition) is 14. The monoisotopic (exact) mass is 931 g/mol. The van der Waals surface area contributed by atoms with Gasteiger partial charge in [-0.3, -0.25) is 4.79 Å². The van der Waals surface area contributed by atoms with Gasteiger partial charge in [0, 0.05) is 13.0 Å². The highest BCUT2D eigenvalue weighted by molar-refractivity contribution is 5.69. The van der Waals surface area contributed by atoms with Crippen LogP contribution in [0.25, 0.3) is 0 Å². The van der Waals surface area contributed by atoms with Crippen LogP contribution in [0.3, 0.4) is 0 Å². The Kier molecular flexibility index (Phi) is 36.1. The zero-order valence-electron chi connectivity index (χ0n) is 40.5. The summed E-state index contributed by atoms with van der Waals surface area (Å²) in [5.41, 5.74) is 0. The van der Waals surface area contributed by atoms with Gasteiger partial charge >= 0.3 is 5.97 Å². The molecule has 2 saturated heterocycles. The van der Waals surface area contributed by atoms with E-state index in [1.54, 1.807) is 0 Å². The molecular weight excluding hydrogens is 837 g/mol. The zero-order valence-corrected chi connectivity index (χ0v) is 40.5. The number of unbranched alkanes of at least 4 members (excludes halogenated alkanes) is 23. The summed E-state index contributed by atoms with van der Waals surface area (Å²) in [6.45, 7) is 3.63. The van der Waals surface area contributed by atoms with Crippen LogP contribution in [0.1, 0.15) is 194 Å². The maximum absolute atomic E-state index is 12.9. The number of aliphatic hydroxyl groups is 7. The molecule has 0 bridgehead atoms. The van der Waals surface area contributed by atoms with Crippen LogP contribution in [0.2, 0.25) is 0 Å². The largest absolute Gasteiger partial charge is 0.457 e. The van der Waals surface area contributed by atoms with Gasteiger partial charge in [-0.05, 0) is 44.9 Å². The normalized spacial score (nSPS) is 26.7. The summed E-state index contributed by atoms with van der Waals surface area (Å²) in [7, 11) is 0. The molecule has 65 heavy (non-hydrogen) atoms. The van der Waals surface area contributed by atoms with Gasteiger partial charge in [-0.25, -0.2) is 0 Å². The second-order valence-electron chi connectivity index (χ2n) is 18.3. The number of carbonyl (C=O) groups excluding carboxylic acids is 1. The van der Waals surface area contributed by atoms with E-state index in [1.807, 2.05) is 0 Å². The van der Waals surface area contributed by atoms with Gasteiger partial charge in [0.05, 0.1) is 26.4 Å². The fourth-order valence-corrected chi connectivity index (χ4v) is 8.20. The molecule has 0 amide bonds. The first-order valence-corrected chi connectivity index (χ1v) is 25.9. The predicted octanol–water partition coefficient (Wildman–Crippen LogP) is 7.63. The standard InChI is InChI=1S/C51H94O14/c1-3-5-7-9-11-12-13-14-15-16-17-18-19-20-21-22-23-24-25-26-27-29-31-33-35-60-37-40(63-43(53)34-32-30-28-10-8-6-4-2)38-61-50-49(59)47(57)45(55)42(65-50)39-62-51-48(58)46(56)44(54)41(36-52)64-51/h13-14,16-17,40-42,44-52,54-59H,3-12,15,18-39H2,1-2H3/b14-13-,17-16-. The molecule has 0 aromatic rings. The van der Waals surface area contributed by atoms with Crippen molar-refractivity contribution in [1.29, 1.82) is 0 Å². The van der Waals surface area contributed by atoms with E-state index in [0.29, 0.717) is 13.0 Å². The number of rotatable bonds is 41. The molecule has 0 aromatic carbocycles. The molecule has 14 nitrogen and oxygen atoms in total. The summed E-state index contributed by atoms with van der Waals surface area (Å²) >= 11 is 0. The number of hydrogen-bond donors (Lipinski definition) is 7. The molecule has 2 aliphatic heterocycles. The van der Waals surface area contributed by atoms with Crippen molar-refractivity contribution < 1.29 is 69.0 Å². The minimum absolute atomic E-state index is 0.0635. The maximum atomic E-state index is 12.9. The van der Waals surface area contributed by atoms with Gasteiger partial charge in [0.2, 0.25) is 0 Å². The third-order valence-electron chi connectivity index (χ3n) is 12.5. The Morgan fingerprint density at radius 3 is 1.48 bits per heavy atom. The quantitative estimate of drug-likeness (QED) is 0.0179. The Bertz CT molecular complexity index is 1170. The molecule has 2 heterocycles. The molecule has 7 N–H and O–H groups in total. The number of carbonyl (C=O) groups is 1. The zero-order chi connectivity index (χ0) is 47.3. The molecule has 382 valence electrons. The summed E-state index contributed by atoms with van der Waals surface area (Å²) in [5.74, 6) is -0.382. The molecule has 11 unspecified atom stereocenters. The number of aliphatic hydroxyl groups excluding tert-OH is 7. The lowest BCUT2D eigenvalue weighted by molar-refractivity contribution is -0.332. The van der Waals surface area contributed by atoms with Crippen LogP contribution in [0, 0.1) is 0 Å². The van der Waals surface area contributed by atoms with Crippen LogP contribution in [0.5, 0.6) is 0 Å².